The highest BCUT2D eigenvalue weighted by Crippen LogP contribution is 2.27. The first kappa shape index (κ1) is 17.8. The van der Waals surface area contributed by atoms with Gasteiger partial charge in [0, 0.05) is 16.0 Å². The molecular formula is C21H21N3O2S. The van der Waals surface area contributed by atoms with E-state index in [0.29, 0.717) is 11.5 Å². The van der Waals surface area contributed by atoms with E-state index in [1.807, 2.05) is 18.2 Å². The molecule has 2 aromatic carbocycles. The zero-order valence-electron chi connectivity index (χ0n) is 15.2. The topological polar surface area (TPSA) is 68.0 Å². The Bertz CT molecular complexity index is 950. The summed E-state index contributed by atoms with van der Waals surface area (Å²) in [4.78, 5) is 13.5. The van der Waals surface area contributed by atoms with Gasteiger partial charge in [-0.1, -0.05) is 18.1 Å². The first-order chi connectivity index (χ1) is 13.2. The highest BCUT2D eigenvalue weighted by molar-refractivity contribution is 7.99. The molecule has 1 N–H and O–H groups in total. The number of aryl methyl sites for hydroxylation is 2. The molecule has 138 valence electrons. The predicted molar refractivity (Wildman–Crippen MR) is 107 cm³/mol. The quantitative estimate of drug-likeness (QED) is 0.633. The maximum Gasteiger partial charge on any atom is 0.322 e. The van der Waals surface area contributed by atoms with E-state index in [4.69, 9.17) is 4.42 Å². The lowest BCUT2D eigenvalue weighted by atomic mass is 9.90. The van der Waals surface area contributed by atoms with Gasteiger partial charge in [0.1, 0.15) is 0 Å². The summed E-state index contributed by atoms with van der Waals surface area (Å²) >= 11 is 1.74. The number of nitrogens with zero attached hydrogens (tertiary/aromatic N) is 2. The molecule has 5 nitrogen and oxygen atoms in total. The number of thioether (sulfide) groups is 1. The second kappa shape index (κ2) is 7.96. The second-order valence-corrected chi connectivity index (χ2v) is 7.85. The van der Waals surface area contributed by atoms with E-state index >= 15 is 0 Å². The van der Waals surface area contributed by atoms with Crippen LogP contribution in [0.2, 0.25) is 0 Å². The van der Waals surface area contributed by atoms with Crippen molar-refractivity contribution in [2.24, 2.45) is 0 Å². The lowest BCUT2D eigenvalue weighted by Gasteiger charge is -2.15. The van der Waals surface area contributed by atoms with Crippen molar-refractivity contribution in [2.75, 3.05) is 11.1 Å². The number of benzene rings is 2. The fraction of sp³-hybridized carbons (Fsp3) is 0.286. The molecule has 1 aliphatic rings. The summed E-state index contributed by atoms with van der Waals surface area (Å²) in [7, 11) is 0. The molecule has 3 aromatic rings. The molecule has 6 heteroatoms. The average molecular weight is 379 g/mol. The molecule has 1 heterocycles. The maximum atomic E-state index is 12.4. The molecule has 0 atom stereocenters. The lowest BCUT2D eigenvalue weighted by molar-refractivity contribution is 0.102. The lowest BCUT2D eigenvalue weighted by Crippen LogP contribution is -2.11. The van der Waals surface area contributed by atoms with E-state index in [2.05, 4.69) is 34.6 Å². The van der Waals surface area contributed by atoms with Crippen LogP contribution in [0, 0.1) is 0 Å². The van der Waals surface area contributed by atoms with Crippen molar-refractivity contribution in [3.8, 4) is 11.5 Å². The molecule has 1 aromatic heterocycles. The van der Waals surface area contributed by atoms with Gasteiger partial charge in [0.25, 0.3) is 5.91 Å². The first-order valence-electron chi connectivity index (χ1n) is 9.23. The fourth-order valence-corrected chi connectivity index (χ4v) is 3.96. The number of rotatable bonds is 5. The zero-order chi connectivity index (χ0) is 18.6. The summed E-state index contributed by atoms with van der Waals surface area (Å²) in [5, 5.41) is 10.7. The Balaban J connectivity index is 1.47. The molecule has 1 amide bonds. The Morgan fingerprint density at radius 2 is 1.85 bits per heavy atom. The van der Waals surface area contributed by atoms with Crippen LogP contribution in [-0.2, 0) is 12.8 Å². The predicted octanol–water partition coefficient (Wildman–Crippen LogP) is 4.98. The van der Waals surface area contributed by atoms with E-state index < -0.39 is 0 Å². The third-order valence-corrected chi connectivity index (χ3v) is 5.56. The third-order valence-electron chi connectivity index (χ3n) is 4.67. The molecule has 0 aliphatic heterocycles. The van der Waals surface area contributed by atoms with E-state index in [0.717, 1.165) is 29.1 Å². The van der Waals surface area contributed by atoms with Gasteiger partial charge >= 0.3 is 6.01 Å². The van der Waals surface area contributed by atoms with Crippen LogP contribution < -0.4 is 5.32 Å². The Kier molecular flexibility index (Phi) is 5.25. The Labute approximate surface area is 162 Å². The summed E-state index contributed by atoms with van der Waals surface area (Å²) in [6, 6.07) is 13.9. The number of hydrogen-bond donors (Lipinski definition) is 1. The summed E-state index contributed by atoms with van der Waals surface area (Å²) in [5.74, 6) is 1.16. The van der Waals surface area contributed by atoms with E-state index in [9.17, 15) is 4.79 Å². The number of anilines is 1. The Hall–Kier alpha value is -2.60. The van der Waals surface area contributed by atoms with Crippen LogP contribution in [0.1, 0.15) is 41.3 Å². The summed E-state index contributed by atoms with van der Waals surface area (Å²) < 4.78 is 5.66. The summed E-state index contributed by atoms with van der Waals surface area (Å²) in [6.45, 7) is 2.10. The standard InChI is InChI=1S/C21H21N3O2S/c1-2-27-18-11-9-15(10-12-18)19(25)22-21-24-23-20(26-21)17-8-7-14-5-3-4-6-16(14)13-17/h7-13H,2-6H2,1H3,(H,22,24,25). The molecule has 0 saturated carbocycles. The SMILES string of the molecule is CCSc1ccc(C(=O)Nc2nnc(-c3ccc4c(c3)CCCC4)o2)cc1. The molecule has 4 rings (SSSR count). The van der Waals surface area contributed by atoms with Gasteiger partial charge in [-0.25, -0.2) is 0 Å². The molecule has 27 heavy (non-hydrogen) atoms. The van der Waals surface area contributed by atoms with Crippen molar-refractivity contribution in [3.05, 3.63) is 59.2 Å². The monoisotopic (exact) mass is 379 g/mol. The summed E-state index contributed by atoms with van der Waals surface area (Å²) in [6.07, 6.45) is 4.70. The van der Waals surface area contributed by atoms with Crippen LogP contribution in [0.4, 0.5) is 6.01 Å². The fourth-order valence-electron chi connectivity index (χ4n) is 3.30. The molecule has 0 unspecified atom stereocenters. The van der Waals surface area contributed by atoms with Crippen molar-refractivity contribution in [1.29, 1.82) is 0 Å². The zero-order valence-corrected chi connectivity index (χ0v) is 16.0. The van der Waals surface area contributed by atoms with Crippen molar-refractivity contribution in [1.82, 2.24) is 10.2 Å². The van der Waals surface area contributed by atoms with Crippen LogP contribution in [0.15, 0.2) is 51.8 Å². The minimum atomic E-state index is -0.260. The smallest absolute Gasteiger partial charge is 0.322 e. The minimum absolute atomic E-state index is 0.111. The Morgan fingerprint density at radius 1 is 1.07 bits per heavy atom. The number of hydrogen-bond acceptors (Lipinski definition) is 5. The third kappa shape index (κ3) is 4.06. The summed E-state index contributed by atoms with van der Waals surface area (Å²) in [5.41, 5.74) is 4.21. The molecule has 1 aliphatic carbocycles. The van der Waals surface area contributed by atoms with Gasteiger partial charge in [0.15, 0.2) is 0 Å². The van der Waals surface area contributed by atoms with Crippen molar-refractivity contribution in [3.63, 3.8) is 0 Å². The van der Waals surface area contributed by atoms with Crippen molar-refractivity contribution < 1.29 is 9.21 Å². The van der Waals surface area contributed by atoms with Crippen LogP contribution in [0.3, 0.4) is 0 Å². The normalized spacial score (nSPS) is 13.2. The van der Waals surface area contributed by atoms with E-state index in [-0.39, 0.29) is 11.9 Å². The van der Waals surface area contributed by atoms with Gasteiger partial charge in [0.2, 0.25) is 5.89 Å². The Morgan fingerprint density at radius 3 is 2.63 bits per heavy atom. The van der Waals surface area contributed by atoms with Gasteiger partial charge < -0.3 is 4.42 Å². The van der Waals surface area contributed by atoms with Crippen LogP contribution in [0.5, 0.6) is 0 Å². The molecule has 0 radical (unpaired) electrons. The van der Waals surface area contributed by atoms with Crippen molar-refractivity contribution >= 4 is 23.7 Å². The minimum Gasteiger partial charge on any atom is -0.403 e. The van der Waals surface area contributed by atoms with Gasteiger partial charge in [-0.15, -0.1) is 16.9 Å². The molecule has 0 fully saturated rings. The number of fused-ring (bicyclic) bond motifs is 1. The molecule has 0 saturated heterocycles. The average Bonchev–Trinajstić information content (AvgIpc) is 3.17. The highest BCUT2D eigenvalue weighted by Gasteiger charge is 2.15. The number of nitrogens with one attached hydrogen (secondary N) is 1. The largest absolute Gasteiger partial charge is 0.403 e. The van der Waals surface area contributed by atoms with E-state index in [1.165, 1.54) is 24.0 Å². The van der Waals surface area contributed by atoms with Gasteiger partial charge in [0.05, 0.1) is 0 Å². The highest BCUT2D eigenvalue weighted by atomic mass is 32.2. The molecule has 0 spiro atoms. The number of aromatic nitrogens is 2. The number of carbonyl (C=O) groups is 1. The molecular weight excluding hydrogens is 358 g/mol. The van der Waals surface area contributed by atoms with Crippen LogP contribution >= 0.6 is 11.8 Å². The molecule has 0 bridgehead atoms. The maximum absolute atomic E-state index is 12.4. The van der Waals surface area contributed by atoms with Gasteiger partial charge in [-0.2, -0.15) is 0 Å². The van der Waals surface area contributed by atoms with Crippen molar-refractivity contribution in [2.45, 2.75) is 37.5 Å². The van der Waals surface area contributed by atoms with E-state index in [1.54, 1.807) is 23.9 Å². The van der Waals surface area contributed by atoms with Crippen LogP contribution in [-0.4, -0.2) is 21.9 Å². The second-order valence-electron chi connectivity index (χ2n) is 6.51. The van der Waals surface area contributed by atoms with Gasteiger partial charge in [-0.3, -0.25) is 10.1 Å². The van der Waals surface area contributed by atoms with Crippen LogP contribution in [0.25, 0.3) is 11.5 Å². The van der Waals surface area contributed by atoms with Gasteiger partial charge in [-0.05, 0) is 79.0 Å². The number of carbonyl (C=O) groups excluding carboxylic acids is 1. The number of amides is 1. The first-order valence-corrected chi connectivity index (χ1v) is 10.2.